The van der Waals surface area contributed by atoms with Crippen molar-refractivity contribution in [1.29, 1.82) is 0 Å². The number of hydrogen-bond acceptors (Lipinski definition) is 8. The monoisotopic (exact) mass is 424 g/mol. The van der Waals surface area contributed by atoms with E-state index in [4.69, 9.17) is 36.3 Å². The minimum atomic E-state index is -1.50. The van der Waals surface area contributed by atoms with Gasteiger partial charge < -0.3 is 33.5 Å². The van der Waals surface area contributed by atoms with Gasteiger partial charge in [0, 0.05) is 17.2 Å². The van der Waals surface area contributed by atoms with Gasteiger partial charge in [-0.3, -0.25) is 4.79 Å². The lowest BCUT2D eigenvalue weighted by molar-refractivity contribution is -0.141. The van der Waals surface area contributed by atoms with Crippen LogP contribution in [0.25, 0.3) is 0 Å². The number of carbonyl (C=O) groups is 1. The second-order valence-corrected chi connectivity index (χ2v) is 7.81. The van der Waals surface area contributed by atoms with Gasteiger partial charge in [0.2, 0.25) is 12.5 Å². The highest BCUT2D eigenvalue weighted by Crippen LogP contribution is 2.64. The first-order valence-corrected chi connectivity index (χ1v) is 9.81. The predicted molar refractivity (Wildman–Crippen MR) is 108 cm³/mol. The Hall–Kier alpha value is -3.07. The van der Waals surface area contributed by atoms with Crippen LogP contribution in [0.3, 0.4) is 0 Å². The number of benzene rings is 2. The lowest BCUT2D eigenvalue weighted by Crippen LogP contribution is -2.41. The molecule has 1 fully saturated rings. The Balaban J connectivity index is 1.79. The molecule has 0 aromatic heterocycles. The fraction of sp³-hybridized carbons (Fsp3) is 0.409. The summed E-state index contributed by atoms with van der Waals surface area (Å²) < 4.78 is 32.8. The van der Waals surface area contributed by atoms with Crippen molar-refractivity contribution in [1.82, 2.24) is 0 Å². The van der Waals surface area contributed by atoms with Crippen molar-refractivity contribution in [3.63, 3.8) is 0 Å². The van der Waals surface area contributed by atoms with Gasteiger partial charge in [0.1, 0.15) is 0 Å². The quantitative estimate of drug-likeness (QED) is 0.590. The van der Waals surface area contributed by atoms with E-state index in [1.165, 1.54) is 21.3 Å². The lowest BCUT2D eigenvalue weighted by atomic mass is 9.47. The molecule has 5 rings (SSSR count). The zero-order chi connectivity index (χ0) is 21.9. The van der Waals surface area contributed by atoms with Crippen molar-refractivity contribution < 1.29 is 38.3 Å². The number of rotatable bonds is 4. The minimum absolute atomic E-state index is 0.0192. The van der Waals surface area contributed by atoms with E-state index in [2.05, 4.69) is 0 Å². The second-order valence-electron chi connectivity index (χ2n) is 7.81. The zero-order valence-corrected chi connectivity index (χ0v) is 17.3. The first kappa shape index (κ1) is 19.9. The van der Waals surface area contributed by atoms with Crippen LogP contribution in [0.5, 0.6) is 28.7 Å². The van der Waals surface area contributed by atoms with Gasteiger partial charge in [-0.05, 0) is 41.0 Å². The summed E-state index contributed by atoms with van der Waals surface area (Å²) in [5.74, 6) is 0.471. The third-order valence-electron chi connectivity index (χ3n) is 6.45. The summed E-state index contributed by atoms with van der Waals surface area (Å²) in [4.78, 5) is 12.9. The zero-order valence-electron chi connectivity index (χ0n) is 17.3. The molecule has 0 unspecified atom stereocenters. The highest BCUT2D eigenvalue weighted by atomic mass is 16.7. The van der Waals surface area contributed by atoms with Crippen molar-refractivity contribution in [2.24, 2.45) is 5.92 Å². The molecule has 1 N–H and O–H groups in total. The van der Waals surface area contributed by atoms with Gasteiger partial charge >= 0.3 is 5.97 Å². The molecule has 2 aliphatic heterocycles. The SMILES string of the molecule is [B][C@]12C(=O)OC[C@@H]1[C@@H](O)c1cc3c(cc1[C@H]2c1cc(OC)c(OC)c(OC)c1)OCO3. The van der Waals surface area contributed by atoms with E-state index in [0.717, 1.165) is 0 Å². The topological polar surface area (TPSA) is 92.7 Å². The summed E-state index contributed by atoms with van der Waals surface area (Å²) >= 11 is 0. The number of fused-ring (bicyclic) bond motifs is 3. The molecule has 1 aliphatic carbocycles. The van der Waals surface area contributed by atoms with E-state index in [9.17, 15) is 9.90 Å². The van der Waals surface area contributed by atoms with Gasteiger partial charge in [-0.2, -0.15) is 0 Å². The summed E-state index contributed by atoms with van der Waals surface area (Å²) in [6, 6.07) is 7.03. The Morgan fingerprint density at radius 2 is 1.58 bits per heavy atom. The van der Waals surface area contributed by atoms with Crippen molar-refractivity contribution >= 4 is 13.8 Å². The van der Waals surface area contributed by atoms with Gasteiger partial charge in [-0.25, -0.2) is 0 Å². The molecule has 2 aromatic carbocycles. The maximum absolute atomic E-state index is 12.9. The first-order chi connectivity index (χ1) is 14.9. The number of aliphatic hydroxyl groups excluding tert-OH is 1. The Labute approximate surface area is 180 Å². The normalized spacial score (nSPS) is 27.9. The Morgan fingerprint density at radius 3 is 2.16 bits per heavy atom. The highest BCUT2D eigenvalue weighted by Gasteiger charge is 2.60. The van der Waals surface area contributed by atoms with E-state index in [1.54, 1.807) is 24.3 Å². The molecule has 160 valence electrons. The largest absolute Gasteiger partial charge is 0.493 e. The highest BCUT2D eigenvalue weighted by molar-refractivity contribution is 6.29. The fourth-order valence-corrected chi connectivity index (χ4v) is 4.94. The van der Waals surface area contributed by atoms with Crippen LogP contribution < -0.4 is 23.7 Å². The van der Waals surface area contributed by atoms with E-state index < -0.39 is 29.2 Å². The number of cyclic esters (lactones) is 1. The molecule has 0 saturated carbocycles. The van der Waals surface area contributed by atoms with Crippen molar-refractivity contribution in [3.05, 3.63) is 41.0 Å². The van der Waals surface area contributed by atoms with Gasteiger partial charge in [-0.1, -0.05) is 0 Å². The molecular weight excluding hydrogens is 403 g/mol. The van der Waals surface area contributed by atoms with E-state index >= 15 is 0 Å². The van der Waals surface area contributed by atoms with Crippen LogP contribution in [0.2, 0.25) is 5.31 Å². The number of esters is 1. The van der Waals surface area contributed by atoms with Crippen molar-refractivity contribution in [2.75, 3.05) is 34.7 Å². The minimum Gasteiger partial charge on any atom is -0.493 e. The van der Waals surface area contributed by atoms with E-state index in [0.29, 0.717) is 45.4 Å². The summed E-state index contributed by atoms with van der Waals surface area (Å²) in [6.07, 6.45) is -1.00. The number of aliphatic hydroxyl groups is 1. The molecule has 31 heavy (non-hydrogen) atoms. The molecular formula is C22H21BO8. The van der Waals surface area contributed by atoms with Crippen molar-refractivity contribution in [3.8, 4) is 28.7 Å². The smallest absolute Gasteiger partial charge is 0.304 e. The van der Waals surface area contributed by atoms with Gasteiger partial charge in [0.25, 0.3) is 0 Å². The molecule has 2 aromatic rings. The third kappa shape index (κ3) is 2.62. The average Bonchev–Trinajstić information content (AvgIpc) is 3.36. The number of hydrogen-bond donors (Lipinski definition) is 1. The van der Waals surface area contributed by atoms with Gasteiger partial charge in [0.15, 0.2) is 23.0 Å². The van der Waals surface area contributed by atoms with Gasteiger partial charge in [-0.15, -0.1) is 0 Å². The number of ether oxygens (including phenoxy) is 6. The van der Waals surface area contributed by atoms with Gasteiger partial charge in [0.05, 0.1) is 41.9 Å². The Kier molecular flexibility index (Phi) is 4.48. The predicted octanol–water partition coefficient (Wildman–Crippen LogP) is 2.12. The molecule has 3 aliphatic rings. The molecule has 2 radical (unpaired) electrons. The van der Waals surface area contributed by atoms with Crippen molar-refractivity contribution in [2.45, 2.75) is 17.3 Å². The average molecular weight is 424 g/mol. The summed E-state index contributed by atoms with van der Waals surface area (Å²) in [6.45, 7) is 0.105. The maximum Gasteiger partial charge on any atom is 0.304 e. The van der Waals surface area contributed by atoms with E-state index in [-0.39, 0.29) is 13.4 Å². The third-order valence-corrected chi connectivity index (χ3v) is 6.45. The maximum atomic E-state index is 12.9. The van der Waals surface area contributed by atoms with Crippen LogP contribution in [-0.4, -0.2) is 53.7 Å². The molecule has 8 nitrogen and oxygen atoms in total. The van der Waals surface area contributed by atoms with Crippen LogP contribution in [0, 0.1) is 5.92 Å². The van der Waals surface area contributed by atoms with Crippen LogP contribution in [0.4, 0.5) is 0 Å². The first-order valence-electron chi connectivity index (χ1n) is 9.81. The molecule has 0 bridgehead atoms. The summed E-state index contributed by atoms with van der Waals surface area (Å²) in [7, 11) is 11.3. The Morgan fingerprint density at radius 1 is 0.968 bits per heavy atom. The van der Waals surface area contributed by atoms with Crippen LogP contribution in [-0.2, 0) is 9.53 Å². The van der Waals surface area contributed by atoms with Crippen LogP contribution >= 0.6 is 0 Å². The van der Waals surface area contributed by atoms with Crippen LogP contribution in [0.1, 0.15) is 28.7 Å². The standard InChI is InChI=1S/C22H21BO8/c1-26-16-4-10(5-17(27-2)20(16)28-3)18-11-6-14-15(31-9-30-14)7-12(11)19(24)13-8-29-21(25)22(13,18)23/h4-7,13,18-19,24H,8-9H2,1-3H3/t13-,18-,19+,22-/m1/s1. The Bertz CT molecular complexity index is 1040. The van der Waals surface area contributed by atoms with Crippen LogP contribution in [0.15, 0.2) is 24.3 Å². The molecule has 0 amide bonds. The lowest BCUT2D eigenvalue weighted by Gasteiger charge is -2.44. The number of carbonyl (C=O) groups excluding carboxylic acids is 1. The second kappa shape index (κ2) is 6.98. The molecule has 2 heterocycles. The summed E-state index contributed by atoms with van der Waals surface area (Å²) in [5, 5.41) is 9.62. The molecule has 4 atom stereocenters. The molecule has 0 spiro atoms. The van der Waals surface area contributed by atoms with E-state index in [1.807, 2.05) is 0 Å². The summed E-state index contributed by atoms with van der Waals surface area (Å²) in [5.41, 5.74) is 1.93. The molecule has 1 saturated heterocycles. The fourth-order valence-electron chi connectivity index (χ4n) is 4.94. The molecule has 9 heteroatoms. The number of methoxy groups -OCH3 is 3.